The Hall–Kier alpha value is 0.991. The summed E-state index contributed by atoms with van der Waals surface area (Å²) in [5, 5.41) is 0. The van der Waals surface area contributed by atoms with Crippen LogP contribution < -0.4 is 51.4 Å². The second-order valence-electron chi connectivity index (χ2n) is 4.28. The van der Waals surface area contributed by atoms with E-state index in [1.54, 1.807) is 0 Å². The molecule has 0 N–H and O–H groups in total. The standard InChI is InChI=1S/C4H10.C3H6.3BF4.K.H/c1-4(2)3;1-2-3-1;3*2-1(3,4)5;;/h4H,1-3H3;1-3H2;;;;;/q;;3*-1;+1;-1. The van der Waals surface area contributed by atoms with Gasteiger partial charge in [-0.3, -0.25) is 0 Å². The van der Waals surface area contributed by atoms with Gasteiger partial charge >= 0.3 is 73.1 Å². The summed E-state index contributed by atoms with van der Waals surface area (Å²) in [6.07, 6.45) is 4.50. The molecule has 0 aromatic rings. The number of halogens is 12. The molecule has 142 valence electrons. The van der Waals surface area contributed by atoms with E-state index in [0.717, 1.165) is 5.92 Å². The first-order valence-electron chi connectivity index (χ1n) is 5.85. The van der Waals surface area contributed by atoms with Crippen molar-refractivity contribution in [1.82, 2.24) is 0 Å². The number of hydrogen-bond donors (Lipinski definition) is 0. The van der Waals surface area contributed by atoms with Gasteiger partial charge in [-0.05, 0) is 5.92 Å². The predicted octanol–water partition coefficient (Wildman–Crippen LogP) is 3.85. The van der Waals surface area contributed by atoms with Gasteiger partial charge in [-0.1, -0.05) is 40.0 Å². The molecular weight excluding hydrogens is 384 g/mol. The van der Waals surface area contributed by atoms with Gasteiger partial charge in [0.25, 0.3) is 0 Å². The fourth-order valence-electron chi connectivity index (χ4n) is 0. The molecule has 0 atom stereocenters. The third-order valence-corrected chi connectivity index (χ3v) is 0.354. The van der Waals surface area contributed by atoms with Crippen LogP contribution in [0.5, 0.6) is 0 Å². The van der Waals surface area contributed by atoms with Crippen molar-refractivity contribution in [2.45, 2.75) is 40.0 Å². The quantitative estimate of drug-likeness (QED) is 0.428. The molecule has 0 amide bonds. The van der Waals surface area contributed by atoms with Crippen molar-refractivity contribution in [1.29, 1.82) is 0 Å². The minimum atomic E-state index is -6.00. The number of rotatable bonds is 0. The van der Waals surface area contributed by atoms with E-state index >= 15 is 0 Å². The van der Waals surface area contributed by atoms with Crippen molar-refractivity contribution < 1.29 is 105 Å². The third kappa shape index (κ3) is 2560. The molecule has 1 aliphatic rings. The summed E-state index contributed by atoms with van der Waals surface area (Å²) in [6, 6.07) is 0. The smallest absolute Gasteiger partial charge is 1.00 e. The van der Waals surface area contributed by atoms with Crippen LogP contribution in [-0.2, 0) is 0 Å². The molecule has 0 saturated heterocycles. The first-order chi connectivity index (χ1) is 9.23. The SMILES string of the molecule is C1CC1.CC(C)C.F[B-](F)(F)F.F[B-](F)(F)F.F[B-](F)(F)F.[H-].[K+]. The maximum Gasteiger partial charge on any atom is 1.00 e. The van der Waals surface area contributed by atoms with Gasteiger partial charge in [-0.25, -0.2) is 0 Å². The zero-order chi connectivity index (χ0) is 19.2. The van der Waals surface area contributed by atoms with E-state index < -0.39 is 21.8 Å². The Kier molecular flexibility index (Phi) is 27.2. The van der Waals surface area contributed by atoms with Crippen LogP contribution in [0.25, 0.3) is 0 Å². The molecule has 0 heterocycles. The van der Waals surface area contributed by atoms with Crippen LogP contribution in [0.15, 0.2) is 0 Å². The Bertz CT molecular complexity index is 178. The Balaban J connectivity index is -0.0000000416. The second kappa shape index (κ2) is 17.8. The molecule has 0 nitrogen and oxygen atoms in total. The summed E-state index contributed by atoms with van der Waals surface area (Å²) in [4.78, 5) is 0. The van der Waals surface area contributed by atoms with Gasteiger partial charge in [0.05, 0.1) is 0 Å². The molecule has 0 aromatic heterocycles. The van der Waals surface area contributed by atoms with Crippen LogP contribution >= 0.6 is 0 Å². The summed E-state index contributed by atoms with van der Waals surface area (Å²) < 4.78 is 117. The summed E-state index contributed by atoms with van der Waals surface area (Å²) in [5.41, 5.74) is 0. The minimum Gasteiger partial charge on any atom is -1.00 e. The van der Waals surface area contributed by atoms with Gasteiger partial charge < -0.3 is 53.2 Å². The average molecular weight is 401 g/mol. The van der Waals surface area contributed by atoms with Crippen molar-refractivity contribution in [3.8, 4) is 0 Å². The van der Waals surface area contributed by atoms with Gasteiger partial charge in [0.2, 0.25) is 0 Å². The van der Waals surface area contributed by atoms with E-state index in [4.69, 9.17) is 0 Å². The molecule has 16 heteroatoms. The van der Waals surface area contributed by atoms with Gasteiger partial charge in [0.1, 0.15) is 0 Å². The fraction of sp³-hybridized carbons (Fsp3) is 1.00. The molecule has 0 radical (unpaired) electrons. The maximum absolute atomic E-state index is 9.75. The van der Waals surface area contributed by atoms with Gasteiger partial charge in [-0.2, -0.15) is 0 Å². The Morgan fingerprint density at radius 1 is 0.522 bits per heavy atom. The molecule has 23 heavy (non-hydrogen) atoms. The van der Waals surface area contributed by atoms with Gasteiger partial charge in [0, 0.05) is 0 Å². The molecule has 0 aliphatic heterocycles. The summed E-state index contributed by atoms with van der Waals surface area (Å²) >= 11 is 0. The number of hydrogen-bond acceptors (Lipinski definition) is 0. The second-order valence-corrected chi connectivity index (χ2v) is 4.28. The molecule has 0 unspecified atom stereocenters. The van der Waals surface area contributed by atoms with Crippen LogP contribution in [-0.4, -0.2) is 21.8 Å². The first kappa shape index (κ1) is 35.2. The normalized spacial score (nSPS) is 12.5. The van der Waals surface area contributed by atoms with E-state index in [9.17, 15) is 51.8 Å². The van der Waals surface area contributed by atoms with E-state index in [2.05, 4.69) is 20.8 Å². The molecule has 0 bridgehead atoms. The first-order valence-corrected chi connectivity index (χ1v) is 5.85. The van der Waals surface area contributed by atoms with Crippen LogP contribution in [0, 0.1) is 5.92 Å². The minimum absolute atomic E-state index is 0. The zero-order valence-corrected chi connectivity index (χ0v) is 16.1. The van der Waals surface area contributed by atoms with Crippen molar-refractivity contribution >= 4 is 21.8 Å². The van der Waals surface area contributed by atoms with E-state index in [-0.39, 0.29) is 52.8 Å². The van der Waals surface area contributed by atoms with E-state index in [0.29, 0.717) is 0 Å². The van der Waals surface area contributed by atoms with Crippen LogP contribution in [0.1, 0.15) is 41.5 Å². The average Bonchev–Trinajstić information content (AvgIpc) is 2.71. The Morgan fingerprint density at radius 2 is 0.565 bits per heavy atom. The van der Waals surface area contributed by atoms with E-state index in [1.807, 2.05) is 0 Å². The van der Waals surface area contributed by atoms with Crippen LogP contribution in [0.4, 0.5) is 51.8 Å². The summed E-state index contributed by atoms with van der Waals surface area (Å²) in [7, 11) is -18.0. The molecule has 1 aliphatic carbocycles. The third-order valence-electron chi connectivity index (χ3n) is 0.354. The van der Waals surface area contributed by atoms with Crippen molar-refractivity contribution in [3.63, 3.8) is 0 Å². The van der Waals surface area contributed by atoms with Crippen molar-refractivity contribution in [2.75, 3.05) is 0 Å². The van der Waals surface area contributed by atoms with Crippen molar-refractivity contribution in [3.05, 3.63) is 0 Å². The predicted molar refractivity (Wildman–Crippen MR) is 66.0 cm³/mol. The summed E-state index contributed by atoms with van der Waals surface area (Å²) in [6.45, 7) is 6.50. The molecular formula is C7H17B3F12K-3. The Labute approximate surface area is 171 Å². The molecule has 1 fully saturated rings. The maximum atomic E-state index is 9.75. The molecule has 0 spiro atoms. The molecule has 1 rings (SSSR count). The molecule has 1 saturated carbocycles. The van der Waals surface area contributed by atoms with E-state index in [1.165, 1.54) is 19.3 Å². The van der Waals surface area contributed by atoms with Gasteiger partial charge in [0.15, 0.2) is 0 Å². The largest absolute Gasteiger partial charge is 1.00 e. The van der Waals surface area contributed by atoms with Gasteiger partial charge in [-0.15, -0.1) is 0 Å². The zero-order valence-electron chi connectivity index (χ0n) is 14.0. The Morgan fingerprint density at radius 3 is 0.565 bits per heavy atom. The topological polar surface area (TPSA) is 0 Å². The van der Waals surface area contributed by atoms with Crippen LogP contribution in [0.2, 0.25) is 0 Å². The fourth-order valence-corrected chi connectivity index (χ4v) is 0. The monoisotopic (exact) mass is 401 g/mol. The van der Waals surface area contributed by atoms with Crippen molar-refractivity contribution in [2.24, 2.45) is 5.92 Å². The summed E-state index contributed by atoms with van der Waals surface area (Å²) in [5.74, 6) is 0.833. The molecule has 0 aromatic carbocycles. The van der Waals surface area contributed by atoms with Crippen LogP contribution in [0.3, 0.4) is 0 Å².